The van der Waals surface area contributed by atoms with E-state index in [2.05, 4.69) is 4.90 Å². The molecule has 0 aromatic rings. The molecule has 0 aromatic heterocycles. The van der Waals surface area contributed by atoms with Crippen LogP contribution in [0.1, 0.15) is 25.7 Å². The first-order valence-corrected chi connectivity index (χ1v) is 6.37. The average Bonchev–Trinajstić information content (AvgIpc) is 2.33. The van der Waals surface area contributed by atoms with Gasteiger partial charge in [-0.3, -0.25) is 0 Å². The lowest BCUT2D eigenvalue weighted by atomic mass is 9.83. The number of methoxy groups -OCH3 is 1. The third-order valence-electron chi connectivity index (χ3n) is 3.99. The summed E-state index contributed by atoms with van der Waals surface area (Å²) in [6.45, 7) is 4.87. The van der Waals surface area contributed by atoms with Crippen molar-refractivity contribution in [2.45, 2.75) is 37.4 Å². The second-order valence-electron chi connectivity index (χ2n) is 5.01. The van der Waals surface area contributed by atoms with E-state index < -0.39 is 0 Å². The molecule has 0 bridgehead atoms. The summed E-state index contributed by atoms with van der Waals surface area (Å²) >= 11 is 0. The molecule has 0 aliphatic carbocycles. The van der Waals surface area contributed by atoms with Gasteiger partial charge in [0, 0.05) is 46.3 Å². The van der Waals surface area contributed by atoms with Crippen molar-refractivity contribution in [2.75, 3.05) is 39.9 Å². The summed E-state index contributed by atoms with van der Waals surface area (Å²) in [4.78, 5) is 2.44. The van der Waals surface area contributed by atoms with Crippen molar-refractivity contribution in [2.24, 2.45) is 5.73 Å². The molecule has 2 N–H and O–H groups in total. The number of nitrogens with two attached hydrogens (primary N) is 1. The first-order chi connectivity index (χ1) is 7.78. The lowest BCUT2D eigenvalue weighted by molar-refractivity contribution is -0.149. The molecule has 2 aliphatic heterocycles. The van der Waals surface area contributed by atoms with Gasteiger partial charge >= 0.3 is 0 Å². The van der Waals surface area contributed by atoms with Crippen LogP contribution in [0.3, 0.4) is 0 Å². The van der Waals surface area contributed by atoms with E-state index in [4.69, 9.17) is 15.2 Å². The molecule has 94 valence electrons. The molecule has 2 fully saturated rings. The third kappa shape index (κ3) is 2.74. The van der Waals surface area contributed by atoms with E-state index in [0.717, 1.165) is 58.5 Å². The Hall–Kier alpha value is -0.160. The van der Waals surface area contributed by atoms with Gasteiger partial charge in [-0.1, -0.05) is 0 Å². The number of ether oxygens (including phenoxy) is 2. The van der Waals surface area contributed by atoms with E-state index in [9.17, 15) is 0 Å². The van der Waals surface area contributed by atoms with Crippen molar-refractivity contribution in [1.29, 1.82) is 0 Å². The molecule has 2 heterocycles. The van der Waals surface area contributed by atoms with Crippen LogP contribution in [0.5, 0.6) is 0 Å². The molecule has 0 amide bonds. The molecule has 0 unspecified atom stereocenters. The van der Waals surface area contributed by atoms with Crippen LogP contribution in [0.2, 0.25) is 0 Å². The summed E-state index contributed by atoms with van der Waals surface area (Å²) in [6, 6.07) is 0. The van der Waals surface area contributed by atoms with Gasteiger partial charge in [-0.2, -0.15) is 0 Å². The van der Waals surface area contributed by atoms with Crippen LogP contribution in [-0.2, 0) is 9.47 Å². The molecule has 1 atom stereocenters. The number of hydrogen-bond donors (Lipinski definition) is 1. The Morgan fingerprint density at radius 2 is 2.19 bits per heavy atom. The normalized spacial score (nSPS) is 30.8. The zero-order valence-corrected chi connectivity index (χ0v) is 10.3. The lowest BCUT2D eigenvalue weighted by Gasteiger charge is -2.45. The number of hydrogen-bond acceptors (Lipinski definition) is 4. The minimum atomic E-state index is 0.101. The summed E-state index contributed by atoms with van der Waals surface area (Å²) in [6.07, 6.45) is 4.78. The van der Waals surface area contributed by atoms with E-state index in [0.29, 0.717) is 6.10 Å². The molecule has 2 aliphatic rings. The van der Waals surface area contributed by atoms with E-state index in [1.165, 1.54) is 0 Å². The largest absolute Gasteiger partial charge is 0.381 e. The minimum Gasteiger partial charge on any atom is -0.381 e. The fourth-order valence-corrected chi connectivity index (χ4v) is 2.90. The van der Waals surface area contributed by atoms with Gasteiger partial charge in [0.25, 0.3) is 0 Å². The molecule has 0 radical (unpaired) electrons. The summed E-state index contributed by atoms with van der Waals surface area (Å²) in [5.74, 6) is 0. The predicted octanol–water partition coefficient (Wildman–Crippen LogP) is 0.605. The highest BCUT2D eigenvalue weighted by atomic mass is 16.5. The second kappa shape index (κ2) is 5.45. The van der Waals surface area contributed by atoms with Crippen molar-refractivity contribution in [1.82, 2.24) is 4.90 Å². The Balaban J connectivity index is 1.85. The van der Waals surface area contributed by atoms with Gasteiger partial charge in [-0.25, -0.2) is 0 Å². The summed E-state index contributed by atoms with van der Waals surface area (Å²) in [7, 11) is 1.81. The van der Waals surface area contributed by atoms with Crippen LogP contribution in [-0.4, -0.2) is 56.5 Å². The van der Waals surface area contributed by atoms with Gasteiger partial charge in [-0.15, -0.1) is 0 Å². The highest BCUT2D eigenvalue weighted by molar-refractivity contribution is 4.92. The average molecular weight is 228 g/mol. The number of piperidine rings is 1. The zero-order valence-electron chi connectivity index (χ0n) is 10.3. The van der Waals surface area contributed by atoms with Crippen molar-refractivity contribution in [3.63, 3.8) is 0 Å². The molecule has 16 heavy (non-hydrogen) atoms. The van der Waals surface area contributed by atoms with Gasteiger partial charge in [0.15, 0.2) is 0 Å². The van der Waals surface area contributed by atoms with Crippen LogP contribution in [0.15, 0.2) is 0 Å². The highest BCUT2D eigenvalue weighted by Crippen LogP contribution is 2.35. The fourth-order valence-electron chi connectivity index (χ4n) is 2.90. The summed E-state index contributed by atoms with van der Waals surface area (Å²) in [5.41, 5.74) is 5.68. The minimum absolute atomic E-state index is 0.101. The highest BCUT2D eigenvalue weighted by Gasteiger charge is 2.40. The van der Waals surface area contributed by atoms with Crippen LogP contribution < -0.4 is 5.73 Å². The van der Waals surface area contributed by atoms with Crippen LogP contribution in [0, 0.1) is 0 Å². The molecule has 4 heteroatoms. The Morgan fingerprint density at radius 1 is 1.44 bits per heavy atom. The Bertz CT molecular complexity index is 215. The summed E-state index contributed by atoms with van der Waals surface area (Å²) in [5, 5.41) is 0. The molecular weight excluding hydrogens is 204 g/mol. The topological polar surface area (TPSA) is 47.7 Å². The maximum Gasteiger partial charge on any atom is 0.0731 e. The Morgan fingerprint density at radius 3 is 2.81 bits per heavy atom. The van der Waals surface area contributed by atoms with Gasteiger partial charge < -0.3 is 20.1 Å². The van der Waals surface area contributed by atoms with Gasteiger partial charge in [0.1, 0.15) is 0 Å². The number of rotatable bonds is 3. The van der Waals surface area contributed by atoms with Crippen LogP contribution in [0.25, 0.3) is 0 Å². The molecule has 0 aromatic carbocycles. The number of nitrogens with zero attached hydrogens (tertiary/aromatic N) is 1. The molecular formula is C12H24N2O2. The molecule has 2 rings (SSSR count). The Labute approximate surface area is 98.1 Å². The van der Waals surface area contributed by atoms with E-state index >= 15 is 0 Å². The SMILES string of the molecule is CO[C@H]1CCOC2(CCN(CCN)CC2)C1. The molecule has 2 saturated heterocycles. The van der Waals surface area contributed by atoms with E-state index in [1.54, 1.807) is 0 Å². The molecule has 0 saturated carbocycles. The van der Waals surface area contributed by atoms with Crippen molar-refractivity contribution in [3.8, 4) is 0 Å². The van der Waals surface area contributed by atoms with Gasteiger partial charge in [0.05, 0.1) is 11.7 Å². The standard InChI is InChI=1S/C12H24N2O2/c1-15-11-2-9-16-12(10-11)3-6-14(7-4-12)8-5-13/h11H,2-10,13H2,1H3/t11-/m0/s1. The van der Waals surface area contributed by atoms with E-state index in [1.807, 2.05) is 7.11 Å². The fraction of sp³-hybridized carbons (Fsp3) is 1.00. The lowest BCUT2D eigenvalue weighted by Crippen LogP contribution is -2.51. The smallest absolute Gasteiger partial charge is 0.0731 e. The maximum atomic E-state index is 6.03. The van der Waals surface area contributed by atoms with Crippen LogP contribution in [0.4, 0.5) is 0 Å². The van der Waals surface area contributed by atoms with Crippen LogP contribution >= 0.6 is 0 Å². The first-order valence-electron chi connectivity index (χ1n) is 6.37. The maximum absolute atomic E-state index is 6.03. The van der Waals surface area contributed by atoms with Gasteiger partial charge in [-0.05, 0) is 19.3 Å². The van der Waals surface area contributed by atoms with Gasteiger partial charge in [0.2, 0.25) is 0 Å². The quantitative estimate of drug-likeness (QED) is 0.768. The van der Waals surface area contributed by atoms with Crippen molar-refractivity contribution >= 4 is 0 Å². The Kier molecular flexibility index (Phi) is 4.19. The van der Waals surface area contributed by atoms with Crippen molar-refractivity contribution < 1.29 is 9.47 Å². The second-order valence-corrected chi connectivity index (χ2v) is 5.01. The van der Waals surface area contributed by atoms with Crippen molar-refractivity contribution in [3.05, 3.63) is 0 Å². The predicted molar refractivity (Wildman–Crippen MR) is 63.4 cm³/mol. The molecule has 4 nitrogen and oxygen atoms in total. The summed E-state index contributed by atoms with van der Waals surface area (Å²) < 4.78 is 11.5. The number of likely N-dealkylation sites (tertiary alicyclic amines) is 1. The molecule has 1 spiro atoms. The van der Waals surface area contributed by atoms with E-state index in [-0.39, 0.29) is 5.60 Å². The zero-order chi connectivity index (χ0) is 11.4. The monoisotopic (exact) mass is 228 g/mol. The third-order valence-corrected chi connectivity index (χ3v) is 3.99. The first kappa shape index (κ1) is 12.3.